The number of carboxylic acid groups (broad SMARTS) is 1. The Balaban J connectivity index is 0.984. The van der Waals surface area contributed by atoms with Crippen LogP contribution < -0.4 is 5.32 Å². The van der Waals surface area contributed by atoms with Gasteiger partial charge >= 0.3 is 5.97 Å². The van der Waals surface area contributed by atoms with Crippen molar-refractivity contribution in [1.82, 2.24) is 24.5 Å². The van der Waals surface area contributed by atoms with E-state index in [1.807, 2.05) is 12.1 Å². The van der Waals surface area contributed by atoms with Gasteiger partial charge in [0.1, 0.15) is 5.82 Å². The minimum atomic E-state index is -3.55. The molecule has 9 nitrogen and oxygen atoms in total. The Labute approximate surface area is 336 Å². The number of sulfonamides is 1. The number of fused-ring (bicyclic) bond motifs is 7. The number of H-pyrrole nitrogens is 1. The van der Waals surface area contributed by atoms with Crippen LogP contribution in [-0.4, -0.2) is 83.5 Å². The second kappa shape index (κ2) is 13.9. The second-order valence-electron chi connectivity index (χ2n) is 20.3. The van der Waals surface area contributed by atoms with Gasteiger partial charge in [-0.3, -0.25) is 4.90 Å². The molecule has 1 saturated heterocycles. The largest absolute Gasteiger partial charge is 0.478 e. The number of benzene rings is 1. The fourth-order valence-electron chi connectivity index (χ4n) is 14.7. The molecule has 3 N–H and O–H groups in total. The molecule has 6 aliphatic rings. The van der Waals surface area contributed by atoms with Crippen LogP contribution in [0.5, 0.6) is 0 Å². The third-order valence-electron chi connectivity index (χ3n) is 17.6. The first-order valence-corrected chi connectivity index (χ1v) is 23.0. The summed E-state index contributed by atoms with van der Waals surface area (Å²) in [5, 5.41) is 14.0. The molecule has 10 heteroatoms. The lowest BCUT2D eigenvalue weighted by atomic mass is 9.33. The Morgan fingerprint density at radius 3 is 2.30 bits per heavy atom. The summed E-state index contributed by atoms with van der Waals surface area (Å²) in [6, 6.07) is 7.58. The van der Waals surface area contributed by atoms with E-state index in [4.69, 9.17) is 0 Å². The van der Waals surface area contributed by atoms with E-state index in [0.717, 1.165) is 32.6 Å². The zero-order valence-electron chi connectivity index (χ0n) is 35.1. The quantitative estimate of drug-likeness (QED) is 0.219. The van der Waals surface area contributed by atoms with Crippen molar-refractivity contribution >= 4 is 21.6 Å². The van der Waals surface area contributed by atoms with Gasteiger partial charge in [-0.1, -0.05) is 65.0 Å². The van der Waals surface area contributed by atoms with Gasteiger partial charge in [-0.25, -0.2) is 18.2 Å². The van der Waals surface area contributed by atoms with Gasteiger partial charge in [0.2, 0.25) is 0 Å². The highest BCUT2D eigenvalue weighted by Crippen LogP contribution is 2.76. The summed E-state index contributed by atoms with van der Waals surface area (Å²) in [6.45, 7) is 26.0. The second-order valence-corrected chi connectivity index (χ2v) is 22.2. The number of aromatic carboxylic acids is 1. The molecule has 8 rings (SSSR count). The van der Waals surface area contributed by atoms with E-state index < -0.39 is 16.0 Å². The monoisotopic (exact) mass is 785 g/mol. The van der Waals surface area contributed by atoms with E-state index in [9.17, 15) is 18.3 Å². The van der Waals surface area contributed by atoms with E-state index in [1.165, 1.54) is 74.3 Å². The van der Waals surface area contributed by atoms with E-state index in [2.05, 4.69) is 74.4 Å². The van der Waals surface area contributed by atoms with Gasteiger partial charge in [-0.2, -0.15) is 4.31 Å². The molecule has 0 amide bonds. The average molecular weight is 786 g/mol. The summed E-state index contributed by atoms with van der Waals surface area (Å²) in [4.78, 5) is 21.1. The Hall–Kier alpha value is -2.79. The predicted molar refractivity (Wildman–Crippen MR) is 223 cm³/mol. The van der Waals surface area contributed by atoms with Crippen molar-refractivity contribution in [3.63, 3.8) is 0 Å². The van der Waals surface area contributed by atoms with Gasteiger partial charge in [0.05, 0.1) is 11.8 Å². The van der Waals surface area contributed by atoms with E-state index in [1.54, 1.807) is 23.4 Å². The molecule has 1 aromatic carbocycles. The molecule has 0 bridgehead atoms. The first-order chi connectivity index (χ1) is 26.4. The molecular weight excluding hydrogens is 719 g/mol. The number of aromatic nitrogens is 2. The molecule has 56 heavy (non-hydrogen) atoms. The molecule has 4 saturated carbocycles. The van der Waals surface area contributed by atoms with Crippen LogP contribution >= 0.6 is 0 Å². The van der Waals surface area contributed by atoms with Crippen molar-refractivity contribution < 1.29 is 18.3 Å². The van der Waals surface area contributed by atoms with Gasteiger partial charge in [-0.05, 0) is 146 Å². The Bertz CT molecular complexity index is 2000. The zero-order valence-corrected chi connectivity index (χ0v) is 35.9. The number of imidazole rings is 1. The molecular formula is C46H67N5O4S. The Morgan fingerprint density at radius 2 is 1.66 bits per heavy atom. The first kappa shape index (κ1) is 40.0. The molecule has 0 unspecified atom stereocenters. The van der Waals surface area contributed by atoms with Gasteiger partial charge in [0.25, 0.3) is 10.0 Å². The van der Waals surface area contributed by atoms with Gasteiger partial charge < -0.3 is 15.4 Å². The van der Waals surface area contributed by atoms with E-state index in [-0.39, 0.29) is 32.2 Å². The van der Waals surface area contributed by atoms with Crippen molar-refractivity contribution in [3.05, 3.63) is 65.6 Å². The van der Waals surface area contributed by atoms with Crippen molar-refractivity contribution in [3.8, 4) is 0 Å². The molecule has 0 radical (unpaired) electrons. The molecule has 9 atom stereocenters. The van der Waals surface area contributed by atoms with Crippen molar-refractivity contribution in [1.29, 1.82) is 0 Å². The van der Waals surface area contributed by atoms with Gasteiger partial charge in [0.15, 0.2) is 5.03 Å². The molecule has 306 valence electrons. The normalized spacial score (nSPS) is 38.5. The average Bonchev–Trinajstić information content (AvgIpc) is 3.77. The molecule has 2 heterocycles. The lowest BCUT2D eigenvalue weighted by Gasteiger charge is -2.72. The maximum atomic E-state index is 13.2. The summed E-state index contributed by atoms with van der Waals surface area (Å²) < 4.78 is 28.0. The van der Waals surface area contributed by atoms with Crippen LogP contribution in [-0.2, 0) is 10.0 Å². The van der Waals surface area contributed by atoms with Crippen molar-refractivity contribution in [2.24, 2.45) is 51.2 Å². The van der Waals surface area contributed by atoms with Crippen LogP contribution in [0.25, 0.3) is 5.57 Å². The van der Waals surface area contributed by atoms with Crippen LogP contribution in [0.3, 0.4) is 0 Å². The molecule has 5 aliphatic carbocycles. The number of rotatable bonds is 9. The lowest BCUT2D eigenvalue weighted by molar-refractivity contribution is -0.219. The minimum Gasteiger partial charge on any atom is -0.478 e. The first-order valence-electron chi connectivity index (χ1n) is 21.6. The topological polar surface area (TPSA) is 119 Å². The van der Waals surface area contributed by atoms with E-state index >= 15 is 0 Å². The lowest BCUT2D eigenvalue weighted by Crippen LogP contribution is -2.68. The molecule has 5 fully saturated rings. The van der Waals surface area contributed by atoms with Crippen molar-refractivity contribution in [2.45, 2.75) is 117 Å². The summed E-state index contributed by atoms with van der Waals surface area (Å²) in [5.74, 6) is 2.76. The molecule has 2 aromatic rings. The number of aromatic amines is 1. The highest BCUT2D eigenvalue weighted by atomic mass is 32.2. The number of allylic oxidation sites excluding steroid dienone is 3. The van der Waals surface area contributed by atoms with Gasteiger partial charge in [-0.15, -0.1) is 0 Å². The Kier molecular flexibility index (Phi) is 9.94. The molecule has 0 spiro atoms. The standard InChI is InChI=1S/C46H67N5O4S/c1-30(2)34-15-20-46(48-23-24-50-25-27-51(28-26-50)56(54,55)39-29-47-31(3)49-39)22-21-44(7)36(40(34)46)13-14-38-43(6)18-16-35(32-9-11-33(12-10-32)41(52)53)42(4,5)37(43)17-19-45(38,44)8/h9-12,16,29,34,36-38,40,48H,1,13-15,17-28H2,2-8H3,(H,47,49)(H,52,53)/t34-,36+,37-,38+,40+,43-,44+,45+,46-/m0/s1. The summed E-state index contributed by atoms with van der Waals surface area (Å²) in [6.07, 6.45) is 15.1. The molecule has 1 aliphatic heterocycles. The van der Waals surface area contributed by atoms with Crippen LogP contribution in [0.4, 0.5) is 0 Å². The fourth-order valence-corrected chi connectivity index (χ4v) is 16.1. The summed E-state index contributed by atoms with van der Waals surface area (Å²) >= 11 is 0. The third-order valence-corrected chi connectivity index (χ3v) is 19.4. The highest BCUT2D eigenvalue weighted by Gasteiger charge is 2.70. The predicted octanol–water partition coefficient (Wildman–Crippen LogP) is 8.42. The summed E-state index contributed by atoms with van der Waals surface area (Å²) in [7, 11) is -3.55. The smallest absolute Gasteiger partial charge is 0.335 e. The van der Waals surface area contributed by atoms with Crippen LogP contribution in [0.1, 0.15) is 121 Å². The number of carboxylic acids is 1. The number of carbonyl (C=O) groups is 1. The number of hydrogen-bond acceptors (Lipinski definition) is 6. The SMILES string of the molecule is C=C(C)[C@@H]1CC[C@]2(NCCN3CCN(S(=O)(=O)c4cnc(C)[nH]4)CC3)CC[C@]3(C)[C@H](CC[C@@H]4[C@@]5(C)CC=C(c6ccc(C(=O)O)cc6)C(C)(C)[C@@H]5CC[C@]43C)[C@@H]12. The highest BCUT2D eigenvalue weighted by molar-refractivity contribution is 7.89. The van der Waals surface area contributed by atoms with E-state index in [0.29, 0.717) is 54.1 Å². The van der Waals surface area contributed by atoms with Gasteiger partial charge in [0, 0.05) is 44.8 Å². The number of nitrogens with zero attached hydrogens (tertiary/aromatic N) is 3. The number of aryl methyl sites for hydroxylation is 1. The Morgan fingerprint density at radius 1 is 0.946 bits per heavy atom. The zero-order chi connectivity index (χ0) is 40.1. The number of hydrogen-bond donors (Lipinski definition) is 3. The van der Waals surface area contributed by atoms with Crippen LogP contribution in [0.2, 0.25) is 0 Å². The number of piperazine rings is 1. The molecule has 1 aromatic heterocycles. The van der Waals surface area contributed by atoms with Crippen LogP contribution in [0, 0.1) is 58.2 Å². The maximum Gasteiger partial charge on any atom is 0.335 e. The summed E-state index contributed by atoms with van der Waals surface area (Å²) in [5.41, 5.74) is 5.12. The third kappa shape index (κ3) is 6.04. The minimum absolute atomic E-state index is 0.00131. The fraction of sp³-hybridized carbons (Fsp3) is 0.696. The van der Waals surface area contributed by atoms with Crippen LogP contribution in [0.15, 0.2) is 53.7 Å². The maximum absolute atomic E-state index is 13.2. The van der Waals surface area contributed by atoms with Crippen molar-refractivity contribution in [2.75, 3.05) is 39.3 Å². The number of nitrogens with one attached hydrogen (secondary N) is 2.